The number of epoxide rings is 1. The maximum Gasteiger partial charge on any atom is 0.173 e. The summed E-state index contributed by atoms with van der Waals surface area (Å²) >= 11 is 0. The summed E-state index contributed by atoms with van der Waals surface area (Å²) < 4.78 is 45.1. The molecule has 2 atom stereocenters. The van der Waals surface area contributed by atoms with Crippen LogP contribution >= 0.6 is 0 Å². The summed E-state index contributed by atoms with van der Waals surface area (Å²) in [6, 6.07) is 7.68. The van der Waals surface area contributed by atoms with Gasteiger partial charge in [0.2, 0.25) is 0 Å². The maximum absolute atomic E-state index is 10.0. The van der Waals surface area contributed by atoms with E-state index in [9.17, 15) is 5.11 Å². The molecule has 60 heavy (non-hydrogen) atoms. The quantitative estimate of drug-likeness (QED) is 0.0195. The van der Waals surface area contributed by atoms with Gasteiger partial charge in [0, 0.05) is 42.5 Å². The minimum Gasteiger partial charge on any atom is -0.456 e. The SMILES string of the molecule is C[Si](C)(C)CC[Si](C)(C)O[Si](C)(C)CCCOCC(O)CNCCOCCOCCO.C[Si](C)(C)CC[Si](C)(C)O[Si](C)(C)CCCOCC1CO1.NOCCOCCO. The van der Waals surface area contributed by atoms with Gasteiger partial charge in [0.25, 0.3) is 0 Å². The van der Waals surface area contributed by atoms with Gasteiger partial charge in [0.1, 0.15) is 6.10 Å². The number of hydrogen-bond donors (Lipinski definition) is 5. The molecule has 0 amide bonds. The van der Waals surface area contributed by atoms with Gasteiger partial charge in [-0.25, -0.2) is 5.90 Å². The van der Waals surface area contributed by atoms with Gasteiger partial charge < -0.3 is 62.1 Å². The molecule has 20 heteroatoms. The van der Waals surface area contributed by atoms with Gasteiger partial charge in [0.15, 0.2) is 33.3 Å². The predicted molar refractivity (Wildman–Crippen MR) is 264 cm³/mol. The first kappa shape index (κ1) is 62.8. The zero-order valence-electron chi connectivity index (χ0n) is 41.2. The van der Waals surface area contributed by atoms with Crippen molar-refractivity contribution < 1.29 is 56.8 Å². The highest BCUT2D eigenvalue weighted by Crippen LogP contribution is 2.28. The zero-order chi connectivity index (χ0) is 46.2. The summed E-state index contributed by atoms with van der Waals surface area (Å²) in [6.45, 7) is 41.5. The van der Waals surface area contributed by atoms with Gasteiger partial charge in [-0.1, -0.05) is 51.4 Å². The second-order valence-corrected chi connectivity index (χ2v) is 49.6. The fraction of sp³-hybridized carbons (Fsp3) is 1.00. The molecule has 0 aromatic rings. The smallest absolute Gasteiger partial charge is 0.173 e. The largest absolute Gasteiger partial charge is 0.456 e. The van der Waals surface area contributed by atoms with Gasteiger partial charge in [-0.05, 0) is 89.4 Å². The molecule has 1 rings (SSSR count). The number of nitrogens with one attached hydrogen (secondary N) is 1. The highest BCUT2D eigenvalue weighted by Gasteiger charge is 2.35. The number of rotatable bonds is 37. The lowest BCUT2D eigenvalue weighted by molar-refractivity contribution is 0.0276. The van der Waals surface area contributed by atoms with Crippen molar-refractivity contribution >= 4 is 49.4 Å². The third-order valence-corrected chi connectivity index (χ3v) is 28.6. The normalized spacial score (nSPS) is 15.6. The van der Waals surface area contributed by atoms with Crippen LogP contribution in [0, 0.1) is 0 Å². The Morgan fingerprint density at radius 1 is 0.550 bits per heavy atom. The van der Waals surface area contributed by atoms with Crippen LogP contribution in [0.3, 0.4) is 0 Å². The first-order valence-electron chi connectivity index (χ1n) is 22.6. The van der Waals surface area contributed by atoms with Crippen molar-refractivity contribution in [2.24, 2.45) is 5.90 Å². The van der Waals surface area contributed by atoms with Gasteiger partial charge in [-0.2, -0.15) is 0 Å². The summed E-state index contributed by atoms with van der Waals surface area (Å²) in [7, 11) is -8.23. The van der Waals surface area contributed by atoms with Crippen molar-refractivity contribution in [3.8, 4) is 0 Å². The van der Waals surface area contributed by atoms with E-state index in [0.717, 1.165) is 38.7 Å². The van der Waals surface area contributed by atoms with Crippen molar-refractivity contribution in [3.05, 3.63) is 0 Å². The Morgan fingerprint density at radius 2 is 0.967 bits per heavy atom. The van der Waals surface area contributed by atoms with Crippen molar-refractivity contribution in [3.63, 3.8) is 0 Å². The highest BCUT2D eigenvalue weighted by molar-refractivity contribution is 6.87. The van der Waals surface area contributed by atoms with Crippen LogP contribution in [0.1, 0.15) is 12.8 Å². The van der Waals surface area contributed by atoms with E-state index in [0.29, 0.717) is 78.7 Å². The topological polar surface area (TPSA) is 185 Å². The Hall–Kier alpha value is 0.741. The first-order valence-corrected chi connectivity index (χ1v) is 42.5. The van der Waals surface area contributed by atoms with E-state index >= 15 is 0 Å². The second kappa shape index (κ2) is 35.0. The summed E-state index contributed by atoms with van der Waals surface area (Å²) in [4.78, 5) is 4.18. The van der Waals surface area contributed by atoms with Crippen LogP contribution in [0.2, 0.25) is 128 Å². The summed E-state index contributed by atoms with van der Waals surface area (Å²) in [6.07, 6.45) is 2.00. The summed E-state index contributed by atoms with van der Waals surface area (Å²) in [5, 5.41) is 29.9. The van der Waals surface area contributed by atoms with Gasteiger partial charge in [-0.15, -0.1) is 0 Å². The van der Waals surface area contributed by atoms with Gasteiger partial charge >= 0.3 is 0 Å². The van der Waals surface area contributed by atoms with Crippen LogP contribution in [0.15, 0.2) is 0 Å². The molecular weight excluding hydrogens is 869 g/mol. The van der Waals surface area contributed by atoms with Crippen LogP contribution in [0.4, 0.5) is 0 Å². The first-order chi connectivity index (χ1) is 27.8. The molecule has 0 aliphatic carbocycles. The third kappa shape index (κ3) is 48.2. The molecule has 0 aromatic carbocycles. The van der Waals surface area contributed by atoms with Gasteiger partial charge in [-0.3, -0.25) is 0 Å². The van der Waals surface area contributed by atoms with E-state index in [1.54, 1.807) is 0 Å². The number of ether oxygens (including phenoxy) is 6. The molecule has 14 nitrogen and oxygen atoms in total. The summed E-state index contributed by atoms with van der Waals surface area (Å²) in [5.41, 5.74) is 0. The number of nitrogens with two attached hydrogens (primary N) is 1. The van der Waals surface area contributed by atoms with Crippen LogP contribution in [-0.4, -0.2) is 183 Å². The van der Waals surface area contributed by atoms with Crippen molar-refractivity contribution in [1.29, 1.82) is 0 Å². The van der Waals surface area contributed by atoms with Crippen LogP contribution in [-0.2, 0) is 41.5 Å². The molecular formula is C40H98N2O12Si6. The Kier molecular flexibility index (Phi) is 36.7. The lowest BCUT2D eigenvalue weighted by Gasteiger charge is -2.35. The molecule has 1 fully saturated rings. The van der Waals surface area contributed by atoms with Crippen molar-refractivity contribution in [1.82, 2.24) is 5.32 Å². The molecule has 0 spiro atoms. The predicted octanol–water partition coefficient (Wildman–Crippen LogP) is 6.58. The van der Waals surface area contributed by atoms with E-state index in [1.807, 2.05) is 0 Å². The highest BCUT2D eigenvalue weighted by atomic mass is 28.4. The Morgan fingerprint density at radius 3 is 1.38 bits per heavy atom. The molecule has 1 saturated heterocycles. The standard InChI is InChI=1S/C21H51NO6Si3.C15H36O3Si3.C4H11NO3/c1-29(2,3)17-18-31(6,7)28-30(4,5)16-8-11-27-20-21(24)19-22-9-12-25-14-15-26-13-10-23;1-19(2,3)11-12-21(6,7)18-20(4,5)10-8-9-16-13-15-14-17-15;5-8-4-3-7-2-1-6/h21-24H,8-20H2,1-7H3;15H,8-14H2,1-7H3;6H,1-5H2. The maximum atomic E-state index is 10.0. The summed E-state index contributed by atoms with van der Waals surface area (Å²) in [5.74, 6) is 4.67. The van der Waals surface area contributed by atoms with Gasteiger partial charge in [0.05, 0.1) is 85.4 Å². The Bertz CT molecular complexity index is 986. The Balaban J connectivity index is 0. The molecule has 6 N–H and O–H groups in total. The van der Waals surface area contributed by atoms with E-state index in [1.165, 1.54) is 30.2 Å². The minimum absolute atomic E-state index is 0.0353. The van der Waals surface area contributed by atoms with Crippen molar-refractivity contribution in [2.45, 2.75) is 153 Å². The number of aliphatic hydroxyl groups excluding tert-OH is 3. The van der Waals surface area contributed by atoms with E-state index in [-0.39, 0.29) is 13.2 Å². The Labute approximate surface area is 374 Å². The van der Waals surface area contributed by atoms with E-state index in [4.69, 9.17) is 46.9 Å². The molecule has 1 aliphatic rings. The lowest BCUT2D eigenvalue weighted by atomic mass is 10.4. The average Bonchev–Trinajstić information content (AvgIpc) is 3.95. The number of aliphatic hydroxyl groups is 3. The molecule has 0 radical (unpaired) electrons. The molecule has 1 heterocycles. The minimum atomic E-state index is -1.67. The molecule has 364 valence electrons. The molecule has 0 aromatic heterocycles. The monoisotopic (exact) mass is 967 g/mol. The molecule has 2 unspecified atom stereocenters. The lowest BCUT2D eigenvalue weighted by Crippen LogP contribution is -2.45. The van der Waals surface area contributed by atoms with Crippen LogP contribution in [0.25, 0.3) is 0 Å². The van der Waals surface area contributed by atoms with E-state index < -0.39 is 55.5 Å². The molecule has 0 bridgehead atoms. The molecule has 1 aliphatic heterocycles. The fourth-order valence-corrected chi connectivity index (χ4v) is 32.4. The zero-order valence-corrected chi connectivity index (χ0v) is 47.2. The number of hydrogen-bond acceptors (Lipinski definition) is 14. The van der Waals surface area contributed by atoms with E-state index in [2.05, 4.69) is 108 Å². The third-order valence-electron chi connectivity index (χ3n) is 9.20. The average molecular weight is 968 g/mol. The second-order valence-electron chi connectivity index (χ2n) is 20.7. The van der Waals surface area contributed by atoms with Crippen LogP contribution < -0.4 is 11.2 Å². The van der Waals surface area contributed by atoms with Crippen molar-refractivity contribution in [2.75, 3.05) is 106 Å². The van der Waals surface area contributed by atoms with Crippen LogP contribution in [0.5, 0.6) is 0 Å². The molecule has 0 saturated carbocycles. The fourth-order valence-electron chi connectivity index (χ4n) is 5.98.